The van der Waals surface area contributed by atoms with Crippen molar-refractivity contribution in [1.82, 2.24) is 25.1 Å². The van der Waals surface area contributed by atoms with Gasteiger partial charge in [0.05, 0.1) is 24.9 Å². The fourth-order valence-electron chi connectivity index (χ4n) is 2.74. The minimum atomic E-state index is -0.0741. The lowest BCUT2D eigenvalue weighted by molar-refractivity contribution is -0.119. The highest BCUT2D eigenvalue weighted by Crippen LogP contribution is 2.24. The molecule has 152 valence electrons. The third-order valence-corrected chi connectivity index (χ3v) is 5.75. The molecule has 1 N–H and O–H groups in total. The van der Waals surface area contributed by atoms with Crippen molar-refractivity contribution in [3.8, 4) is 11.4 Å². The molecule has 29 heavy (non-hydrogen) atoms. The first-order valence-electron chi connectivity index (χ1n) is 9.08. The molecule has 0 spiro atoms. The lowest BCUT2D eigenvalue weighted by atomic mass is 10.1. The number of aromatic nitrogens is 4. The number of carbonyl (C=O) groups excluding carboxylic acids is 1. The van der Waals surface area contributed by atoms with Crippen molar-refractivity contribution in [3.63, 3.8) is 0 Å². The Balaban J connectivity index is 1.65. The van der Waals surface area contributed by atoms with E-state index in [1.54, 1.807) is 19.5 Å². The number of benzene rings is 1. The first-order chi connectivity index (χ1) is 14.1. The fourth-order valence-corrected chi connectivity index (χ4v) is 3.78. The van der Waals surface area contributed by atoms with Crippen LogP contribution in [0.2, 0.25) is 0 Å². The number of rotatable bonds is 9. The van der Waals surface area contributed by atoms with Crippen molar-refractivity contribution in [2.45, 2.75) is 24.7 Å². The van der Waals surface area contributed by atoms with Crippen LogP contribution >= 0.6 is 27.7 Å². The molecule has 0 aliphatic heterocycles. The van der Waals surface area contributed by atoms with Crippen molar-refractivity contribution in [1.29, 1.82) is 0 Å². The predicted molar refractivity (Wildman–Crippen MR) is 117 cm³/mol. The molecular formula is C20H22BrN5O2S. The molecule has 7 nitrogen and oxygen atoms in total. The van der Waals surface area contributed by atoms with E-state index in [0.717, 1.165) is 21.4 Å². The van der Waals surface area contributed by atoms with Crippen molar-refractivity contribution >= 4 is 33.6 Å². The van der Waals surface area contributed by atoms with Crippen LogP contribution in [0.25, 0.3) is 11.4 Å². The van der Waals surface area contributed by atoms with Crippen LogP contribution in [0.3, 0.4) is 0 Å². The summed E-state index contributed by atoms with van der Waals surface area (Å²) >= 11 is 4.78. The van der Waals surface area contributed by atoms with Crippen LogP contribution in [0.4, 0.5) is 0 Å². The Kier molecular flexibility index (Phi) is 7.79. The maximum Gasteiger partial charge on any atom is 0.230 e. The molecule has 0 radical (unpaired) electrons. The zero-order valence-corrected chi connectivity index (χ0v) is 18.6. The lowest BCUT2D eigenvalue weighted by Crippen LogP contribution is -2.28. The Morgan fingerprint density at radius 1 is 1.21 bits per heavy atom. The van der Waals surface area contributed by atoms with Gasteiger partial charge in [-0.05, 0) is 36.8 Å². The SMILES string of the molecule is COCCn1c(SCC(=O)NC(C)c2ccc(Br)cc2)nnc1-c1ccncc1. The molecule has 0 saturated heterocycles. The number of carbonyl (C=O) groups is 1. The van der Waals surface area contributed by atoms with Crippen LogP contribution in [-0.2, 0) is 16.1 Å². The number of amides is 1. The number of pyridine rings is 1. The minimum absolute atomic E-state index is 0.0582. The van der Waals surface area contributed by atoms with Crippen LogP contribution in [0.1, 0.15) is 18.5 Å². The number of thioether (sulfide) groups is 1. The summed E-state index contributed by atoms with van der Waals surface area (Å²) in [5.41, 5.74) is 1.97. The van der Waals surface area contributed by atoms with Gasteiger partial charge in [0.1, 0.15) is 0 Å². The Morgan fingerprint density at radius 3 is 2.62 bits per heavy atom. The second-order valence-corrected chi connectivity index (χ2v) is 8.17. The van der Waals surface area contributed by atoms with Gasteiger partial charge >= 0.3 is 0 Å². The Bertz CT molecular complexity index is 934. The molecule has 1 unspecified atom stereocenters. The zero-order valence-electron chi connectivity index (χ0n) is 16.2. The van der Waals surface area contributed by atoms with Gasteiger partial charge in [0.15, 0.2) is 11.0 Å². The van der Waals surface area contributed by atoms with Crippen LogP contribution < -0.4 is 5.32 Å². The van der Waals surface area contributed by atoms with E-state index in [4.69, 9.17) is 4.74 Å². The number of hydrogen-bond acceptors (Lipinski definition) is 6. The maximum atomic E-state index is 12.4. The summed E-state index contributed by atoms with van der Waals surface area (Å²) in [6, 6.07) is 11.6. The molecule has 0 fully saturated rings. The van der Waals surface area contributed by atoms with Gasteiger partial charge in [-0.1, -0.05) is 39.8 Å². The van der Waals surface area contributed by atoms with E-state index in [1.165, 1.54) is 11.8 Å². The average Bonchev–Trinajstić information content (AvgIpc) is 3.14. The Labute approximate surface area is 182 Å². The molecule has 3 rings (SSSR count). The van der Waals surface area contributed by atoms with E-state index in [-0.39, 0.29) is 17.7 Å². The molecular weight excluding hydrogens is 454 g/mol. The van der Waals surface area contributed by atoms with Gasteiger partial charge in [0.25, 0.3) is 0 Å². The smallest absolute Gasteiger partial charge is 0.230 e. The molecule has 2 heterocycles. The normalized spacial score (nSPS) is 12.0. The highest BCUT2D eigenvalue weighted by Gasteiger charge is 2.16. The average molecular weight is 476 g/mol. The van der Waals surface area contributed by atoms with Crippen molar-refractivity contribution < 1.29 is 9.53 Å². The third kappa shape index (κ3) is 5.88. The molecule has 1 amide bonds. The largest absolute Gasteiger partial charge is 0.383 e. The van der Waals surface area contributed by atoms with Crippen molar-refractivity contribution in [3.05, 3.63) is 58.8 Å². The Hall–Kier alpha value is -2.23. The summed E-state index contributed by atoms with van der Waals surface area (Å²) in [7, 11) is 1.65. The standard InChI is InChI=1S/C20H22BrN5O2S/c1-14(15-3-5-17(21)6-4-15)23-18(27)13-29-20-25-24-19(26(20)11-12-28-2)16-7-9-22-10-8-16/h3-10,14H,11-13H2,1-2H3,(H,23,27). The van der Waals surface area contributed by atoms with Gasteiger partial charge in [-0.3, -0.25) is 14.3 Å². The molecule has 9 heteroatoms. The van der Waals surface area contributed by atoms with Gasteiger partial charge in [-0.2, -0.15) is 0 Å². The summed E-state index contributed by atoms with van der Waals surface area (Å²) in [5, 5.41) is 12.3. The van der Waals surface area contributed by atoms with E-state index in [9.17, 15) is 4.79 Å². The number of nitrogens with one attached hydrogen (secondary N) is 1. The minimum Gasteiger partial charge on any atom is -0.383 e. The summed E-state index contributed by atoms with van der Waals surface area (Å²) in [5.74, 6) is 0.926. The summed E-state index contributed by atoms with van der Waals surface area (Å²) < 4.78 is 8.19. The summed E-state index contributed by atoms with van der Waals surface area (Å²) in [4.78, 5) is 16.5. The van der Waals surface area contributed by atoms with E-state index in [0.29, 0.717) is 18.3 Å². The molecule has 0 bridgehead atoms. The topological polar surface area (TPSA) is 81.9 Å². The first-order valence-corrected chi connectivity index (χ1v) is 10.9. The van der Waals surface area contributed by atoms with E-state index in [2.05, 4.69) is 36.4 Å². The summed E-state index contributed by atoms with van der Waals surface area (Å²) in [6.07, 6.45) is 3.43. The molecule has 0 aliphatic rings. The van der Waals surface area contributed by atoms with Gasteiger partial charge in [-0.15, -0.1) is 10.2 Å². The molecule has 1 atom stereocenters. The number of ether oxygens (including phenoxy) is 1. The van der Waals surface area contributed by atoms with E-state index < -0.39 is 0 Å². The molecule has 3 aromatic rings. The van der Waals surface area contributed by atoms with E-state index >= 15 is 0 Å². The van der Waals surface area contributed by atoms with Gasteiger partial charge < -0.3 is 10.1 Å². The van der Waals surface area contributed by atoms with Crippen molar-refractivity contribution in [2.75, 3.05) is 19.5 Å². The lowest BCUT2D eigenvalue weighted by Gasteiger charge is -2.14. The van der Waals surface area contributed by atoms with E-state index in [1.807, 2.05) is 47.9 Å². The predicted octanol–water partition coefficient (Wildman–Crippen LogP) is 3.72. The number of nitrogens with zero attached hydrogens (tertiary/aromatic N) is 4. The monoisotopic (exact) mass is 475 g/mol. The maximum absolute atomic E-state index is 12.4. The van der Waals surface area contributed by atoms with Gasteiger partial charge in [-0.25, -0.2) is 0 Å². The molecule has 1 aromatic carbocycles. The van der Waals surface area contributed by atoms with Crippen LogP contribution in [0, 0.1) is 0 Å². The molecule has 2 aromatic heterocycles. The van der Waals surface area contributed by atoms with Crippen LogP contribution in [0.5, 0.6) is 0 Å². The second kappa shape index (κ2) is 10.5. The number of hydrogen-bond donors (Lipinski definition) is 1. The Morgan fingerprint density at radius 2 is 1.93 bits per heavy atom. The first kappa shape index (κ1) is 21.5. The highest BCUT2D eigenvalue weighted by atomic mass is 79.9. The zero-order chi connectivity index (χ0) is 20.6. The number of halogens is 1. The quantitative estimate of drug-likeness (QED) is 0.474. The van der Waals surface area contributed by atoms with Gasteiger partial charge in [0.2, 0.25) is 5.91 Å². The summed E-state index contributed by atoms with van der Waals surface area (Å²) in [6.45, 7) is 3.09. The third-order valence-electron chi connectivity index (χ3n) is 4.25. The van der Waals surface area contributed by atoms with Crippen LogP contribution in [-0.4, -0.2) is 45.1 Å². The molecule has 0 saturated carbocycles. The second-order valence-electron chi connectivity index (χ2n) is 6.32. The fraction of sp³-hybridized carbons (Fsp3) is 0.300. The molecule has 0 aliphatic carbocycles. The van der Waals surface area contributed by atoms with Crippen LogP contribution in [0.15, 0.2) is 58.4 Å². The highest BCUT2D eigenvalue weighted by molar-refractivity contribution is 9.10. The number of methoxy groups -OCH3 is 1. The van der Waals surface area contributed by atoms with Crippen molar-refractivity contribution in [2.24, 2.45) is 0 Å². The van der Waals surface area contributed by atoms with Gasteiger partial charge in [0, 0.05) is 29.5 Å².